The summed E-state index contributed by atoms with van der Waals surface area (Å²) in [7, 11) is 4.35. The second kappa shape index (κ2) is 9.68. The van der Waals surface area contributed by atoms with Gasteiger partial charge in [0.15, 0.2) is 0 Å². The van der Waals surface area contributed by atoms with Crippen LogP contribution in [0.2, 0.25) is 0 Å². The topological polar surface area (TPSA) is 110 Å². The van der Waals surface area contributed by atoms with Crippen LogP contribution in [0.1, 0.15) is 0 Å². The number of amides is 1. The highest BCUT2D eigenvalue weighted by Gasteiger charge is 2.35. The molecule has 1 saturated heterocycles. The number of carbonyl (C=O) groups excluding carboxylic acids is 2. The van der Waals surface area contributed by atoms with Gasteiger partial charge in [0.05, 0.1) is 64.6 Å². The van der Waals surface area contributed by atoms with Crippen molar-refractivity contribution >= 4 is 23.3 Å². The lowest BCUT2D eigenvalue weighted by molar-refractivity contribution is -0.136. The fourth-order valence-electron chi connectivity index (χ4n) is 3.51. The van der Waals surface area contributed by atoms with Crippen molar-refractivity contribution in [2.75, 3.05) is 77.5 Å². The van der Waals surface area contributed by atoms with Crippen molar-refractivity contribution in [2.24, 2.45) is 0 Å². The summed E-state index contributed by atoms with van der Waals surface area (Å²) in [5.74, 6) is 0.0744. The van der Waals surface area contributed by atoms with Crippen LogP contribution in [0, 0.1) is 0 Å². The molecular weight excluding hydrogens is 394 g/mol. The van der Waals surface area contributed by atoms with Crippen molar-refractivity contribution in [3.63, 3.8) is 0 Å². The molecule has 2 aliphatic rings. The van der Waals surface area contributed by atoms with Gasteiger partial charge in [-0.05, 0) is 0 Å². The van der Waals surface area contributed by atoms with E-state index in [2.05, 4.69) is 10.2 Å². The van der Waals surface area contributed by atoms with E-state index in [-0.39, 0.29) is 31.0 Å². The molecule has 30 heavy (non-hydrogen) atoms. The second-order valence-electron chi connectivity index (χ2n) is 6.74. The molecule has 0 unspecified atom stereocenters. The van der Waals surface area contributed by atoms with Gasteiger partial charge in [-0.25, -0.2) is 4.79 Å². The average molecular weight is 421 g/mol. The van der Waals surface area contributed by atoms with Crippen LogP contribution in [0.4, 0.5) is 11.4 Å². The second-order valence-corrected chi connectivity index (χ2v) is 6.74. The van der Waals surface area contributed by atoms with Gasteiger partial charge in [0.1, 0.15) is 17.2 Å². The van der Waals surface area contributed by atoms with Crippen LogP contribution in [0.25, 0.3) is 0 Å². The molecule has 0 aliphatic carbocycles. The molecule has 2 heterocycles. The molecule has 1 aromatic carbocycles. The van der Waals surface area contributed by atoms with Crippen LogP contribution >= 0.6 is 0 Å². The molecule has 10 nitrogen and oxygen atoms in total. The molecule has 2 aliphatic heterocycles. The number of esters is 1. The van der Waals surface area contributed by atoms with Crippen molar-refractivity contribution in [1.82, 2.24) is 4.90 Å². The number of β-amino-alcohol motifs (C(OH)–C–C–N with tert-alkyl or cyclic N) is 1. The normalized spacial score (nSPS) is 16.7. The maximum atomic E-state index is 12.8. The number of hydrogen-bond donors (Lipinski definition) is 2. The average Bonchev–Trinajstić information content (AvgIpc) is 3.09. The van der Waals surface area contributed by atoms with E-state index in [0.717, 1.165) is 18.8 Å². The number of morpholine rings is 1. The third-order valence-electron chi connectivity index (χ3n) is 5.07. The quantitative estimate of drug-likeness (QED) is 0.570. The summed E-state index contributed by atoms with van der Waals surface area (Å²) in [4.78, 5) is 28.5. The first-order valence-corrected chi connectivity index (χ1v) is 9.61. The van der Waals surface area contributed by atoms with Crippen molar-refractivity contribution in [3.05, 3.63) is 23.4 Å². The van der Waals surface area contributed by atoms with Crippen molar-refractivity contribution < 1.29 is 33.6 Å². The zero-order chi connectivity index (χ0) is 21.7. The highest BCUT2D eigenvalue weighted by atomic mass is 16.5. The molecule has 0 radical (unpaired) electrons. The molecule has 1 fully saturated rings. The number of nitrogens with one attached hydrogen (secondary N) is 1. The van der Waals surface area contributed by atoms with Gasteiger partial charge in [-0.15, -0.1) is 0 Å². The number of rotatable bonds is 8. The van der Waals surface area contributed by atoms with Crippen molar-refractivity contribution in [1.29, 1.82) is 0 Å². The third kappa shape index (κ3) is 4.29. The van der Waals surface area contributed by atoms with Crippen molar-refractivity contribution in [2.45, 2.75) is 0 Å². The molecular formula is C20H27N3O7. The van der Waals surface area contributed by atoms with Gasteiger partial charge in [-0.1, -0.05) is 0 Å². The molecule has 1 amide bonds. The minimum absolute atomic E-state index is 0.0553. The van der Waals surface area contributed by atoms with Crippen LogP contribution in [0.15, 0.2) is 23.4 Å². The zero-order valence-corrected chi connectivity index (χ0v) is 17.4. The van der Waals surface area contributed by atoms with Gasteiger partial charge in [-0.2, -0.15) is 0 Å². The van der Waals surface area contributed by atoms with E-state index < -0.39 is 11.9 Å². The van der Waals surface area contributed by atoms with Gasteiger partial charge in [-0.3, -0.25) is 4.79 Å². The Morgan fingerprint density at radius 1 is 1.17 bits per heavy atom. The lowest BCUT2D eigenvalue weighted by atomic mass is 10.1. The number of benzene rings is 1. The third-order valence-corrected chi connectivity index (χ3v) is 5.07. The highest BCUT2D eigenvalue weighted by Crippen LogP contribution is 2.40. The lowest BCUT2D eigenvalue weighted by Gasteiger charge is -2.30. The van der Waals surface area contributed by atoms with Crippen LogP contribution in [0.3, 0.4) is 0 Å². The standard InChI is InChI=1S/C20H27N3O7/c1-27-16-11-15(22-5-8-30-9-6-22)17(28-2)10-14(16)21-18-13(20(26)29-3)12-23(4-7-24)19(18)25/h10-11,21,24H,4-9,12H2,1-3H3. The summed E-state index contributed by atoms with van der Waals surface area (Å²) < 4.78 is 21.3. The number of nitrogens with zero attached hydrogens (tertiary/aromatic N) is 2. The molecule has 0 spiro atoms. The van der Waals surface area contributed by atoms with E-state index in [1.807, 2.05) is 6.07 Å². The SMILES string of the molecule is COC(=O)C1=C(Nc2cc(OC)c(N3CCOCC3)cc2OC)C(=O)N(CCO)C1. The Kier molecular flexibility index (Phi) is 7.01. The predicted octanol–water partition coefficient (Wildman–Crippen LogP) is 0.214. The van der Waals surface area contributed by atoms with Crippen LogP contribution in [0.5, 0.6) is 11.5 Å². The van der Waals surface area contributed by atoms with E-state index in [1.165, 1.54) is 19.1 Å². The summed E-state index contributed by atoms with van der Waals surface area (Å²) in [5, 5.41) is 12.2. The first-order chi connectivity index (χ1) is 14.5. The molecule has 0 aromatic heterocycles. The number of methoxy groups -OCH3 is 3. The Morgan fingerprint density at radius 3 is 2.47 bits per heavy atom. The monoisotopic (exact) mass is 421 g/mol. The number of ether oxygens (including phenoxy) is 4. The Bertz CT molecular complexity index is 834. The fraction of sp³-hybridized carbons (Fsp3) is 0.500. The zero-order valence-electron chi connectivity index (χ0n) is 17.4. The Balaban J connectivity index is 1.97. The minimum Gasteiger partial charge on any atom is -0.494 e. The van der Waals surface area contributed by atoms with Crippen LogP contribution in [-0.2, 0) is 19.1 Å². The fourth-order valence-corrected chi connectivity index (χ4v) is 3.51. The summed E-state index contributed by atoms with van der Waals surface area (Å²) in [6.45, 7) is 2.64. The summed E-state index contributed by atoms with van der Waals surface area (Å²) in [6.07, 6.45) is 0. The van der Waals surface area contributed by atoms with Gasteiger partial charge in [0.25, 0.3) is 5.91 Å². The van der Waals surface area contributed by atoms with E-state index in [9.17, 15) is 14.7 Å². The highest BCUT2D eigenvalue weighted by molar-refractivity contribution is 6.08. The molecule has 10 heteroatoms. The first kappa shape index (κ1) is 21.7. The summed E-state index contributed by atoms with van der Waals surface area (Å²) >= 11 is 0. The molecule has 0 bridgehead atoms. The molecule has 3 rings (SSSR count). The molecule has 0 atom stereocenters. The predicted molar refractivity (Wildman–Crippen MR) is 109 cm³/mol. The lowest BCUT2D eigenvalue weighted by Crippen LogP contribution is -2.36. The number of aliphatic hydroxyl groups excluding tert-OH is 1. The maximum absolute atomic E-state index is 12.8. The van der Waals surface area contributed by atoms with Gasteiger partial charge < -0.3 is 39.2 Å². The first-order valence-electron chi connectivity index (χ1n) is 9.61. The Hall–Kier alpha value is -2.98. The Morgan fingerprint density at radius 2 is 1.87 bits per heavy atom. The van der Waals surface area contributed by atoms with Gasteiger partial charge in [0, 0.05) is 31.8 Å². The minimum atomic E-state index is -0.609. The number of anilines is 2. The largest absolute Gasteiger partial charge is 0.494 e. The molecule has 1 aromatic rings. The molecule has 0 saturated carbocycles. The smallest absolute Gasteiger partial charge is 0.337 e. The summed E-state index contributed by atoms with van der Waals surface area (Å²) in [6, 6.07) is 3.56. The Labute approximate surface area is 174 Å². The molecule has 2 N–H and O–H groups in total. The van der Waals surface area contributed by atoms with Crippen LogP contribution in [-0.4, -0.2) is 89.2 Å². The number of aliphatic hydroxyl groups is 1. The van der Waals surface area contributed by atoms with E-state index >= 15 is 0 Å². The van der Waals surface area contributed by atoms with E-state index in [0.29, 0.717) is 30.4 Å². The summed E-state index contributed by atoms with van der Waals surface area (Å²) in [5.41, 5.74) is 1.61. The number of carbonyl (C=O) groups is 2. The van der Waals surface area contributed by atoms with Gasteiger partial charge in [0.2, 0.25) is 0 Å². The van der Waals surface area contributed by atoms with Crippen molar-refractivity contribution in [3.8, 4) is 11.5 Å². The van der Waals surface area contributed by atoms with E-state index in [1.54, 1.807) is 13.2 Å². The van der Waals surface area contributed by atoms with E-state index in [4.69, 9.17) is 18.9 Å². The number of hydrogen-bond acceptors (Lipinski definition) is 9. The van der Waals surface area contributed by atoms with Crippen LogP contribution < -0.4 is 19.7 Å². The van der Waals surface area contributed by atoms with Gasteiger partial charge >= 0.3 is 5.97 Å². The molecule has 164 valence electrons. The maximum Gasteiger partial charge on any atom is 0.337 e.